The van der Waals surface area contributed by atoms with Gasteiger partial charge in [-0.25, -0.2) is 0 Å². The van der Waals surface area contributed by atoms with E-state index in [1.54, 1.807) is 33.5 Å². The molecule has 2 aromatic rings. The highest BCUT2D eigenvalue weighted by Gasteiger charge is 2.39. The van der Waals surface area contributed by atoms with Crippen LogP contribution in [-0.4, -0.2) is 77.1 Å². The van der Waals surface area contributed by atoms with Crippen LogP contribution in [0, 0.1) is 17.2 Å². The molecule has 214 valence electrons. The van der Waals surface area contributed by atoms with Gasteiger partial charge in [0.2, 0.25) is 0 Å². The summed E-state index contributed by atoms with van der Waals surface area (Å²) in [6.07, 6.45) is 0.0410. The Labute approximate surface area is 232 Å². The Bertz CT molecular complexity index is 1150. The third kappa shape index (κ3) is 7.55. The summed E-state index contributed by atoms with van der Waals surface area (Å²) in [5.74, 6) is 1.92. The van der Waals surface area contributed by atoms with Crippen molar-refractivity contribution in [3.05, 3.63) is 47.0 Å². The maximum Gasteiger partial charge on any atom is 0.251 e. The lowest BCUT2D eigenvalue weighted by molar-refractivity contribution is 0.0925. The second kappa shape index (κ2) is 14.6. The lowest BCUT2D eigenvalue weighted by Crippen LogP contribution is -2.39. The van der Waals surface area contributed by atoms with Crippen LogP contribution in [0.3, 0.4) is 0 Å². The van der Waals surface area contributed by atoms with Crippen LogP contribution in [0.15, 0.2) is 30.3 Å². The molecule has 2 aromatic carbocycles. The van der Waals surface area contributed by atoms with Crippen LogP contribution < -0.4 is 24.3 Å². The number of hydrogen-bond donors (Lipinski definition) is 2. The first-order chi connectivity index (χ1) is 18.6. The normalized spacial score (nSPS) is 13.4. The van der Waals surface area contributed by atoms with Gasteiger partial charge in [0.1, 0.15) is 0 Å². The van der Waals surface area contributed by atoms with Crippen molar-refractivity contribution >= 4 is 5.91 Å². The lowest BCUT2D eigenvalue weighted by Gasteiger charge is -2.34. The summed E-state index contributed by atoms with van der Waals surface area (Å²) in [4.78, 5) is 14.7. The number of hydrogen-bond acceptors (Lipinski definition) is 8. The van der Waals surface area contributed by atoms with Crippen LogP contribution in [-0.2, 0) is 11.8 Å². The van der Waals surface area contributed by atoms with E-state index >= 15 is 0 Å². The summed E-state index contributed by atoms with van der Waals surface area (Å²) >= 11 is 0. The van der Waals surface area contributed by atoms with Gasteiger partial charge in [0.05, 0.1) is 46.0 Å². The van der Waals surface area contributed by atoms with Gasteiger partial charge in [-0.2, -0.15) is 5.26 Å². The first-order valence-corrected chi connectivity index (χ1v) is 13.1. The molecule has 0 fully saturated rings. The fraction of sp³-hybridized carbons (Fsp3) is 0.533. The quantitative estimate of drug-likeness (QED) is 0.350. The number of rotatable bonds is 15. The van der Waals surface area contributed by atoms with Crippen LogP contribution in [0.1, 0.15) is 48.7 Å². The van der Waals surface area contributed by atoms with Crippen LogP contribution in [0.2, 0.25) is 0 Å². The van der Waals surface area contributed by atoms with Crippen LogP contribution in [0.4, 0.5) is 0 Å². The predicted octanol–water partition coefficient (Wildman–Crippen LogP) is 3.81. The van der Waals surface area contributed by atoms with Gasteiger partial charge in [0, 0.05) is 25.2 Å². The Morgan fingerprint density at radius 1 is 1.03 bits per heavy atom. The van der Waals surface area contributed by atoms with Crippen molar-refractivity contribution in [2.45, 2.75) is 45.1 Å². The average Bonchev–Trinajstić information content (AvgIpc) is 2.93. The van der Waals surface area contributed by atoms with Crippen LogP contribution in [0.5, 0.6) is 23.0 Å². The number of amides is 1. The summed E-state index contributed by atoms with van der Waals surface area (Å²) in [7, 11) is 8.14. The molecule has 0 saturated heterocycles. The number of methoxy groups -OCH3 is 4. The summed E-state index contributed by atoms with van der Waals surface area (Å²) in [6.45, 7) is 7.28. The molecule has 0 aromatic heterocycles. The molecular weight excluding hydrogens is 498 g/mol. The fourth-order valence-corrected chi connectivity index (χ4v) is 4.83. The Balaban J connectivity index is 2.21. The highest BCUT2D eigenvalue weighted by Crippen LogP contribution is 2.40. The van der Waals surface area contributed by atoms with Gasteiger partial charge >= 0.3 is 0 Å². The van der Waals surface area contributed by atoms with E-state index in [0.29, 0.717) is 54.6 Å². The number of aliphatic hydroxyl groups excluding tert-OH is 1. The molecule has 9 heteroatoms. The Kier molecular flexibility index (Phi) is 11.9. The molecule has 2 atom stereocenters. The maximum atomic E-state index is 12.7. The molecule has 39 heavy (non-hydrogen) atoms. The second-order valence-electron chi connectivity index (χ2n) is 9.90. The highest BCUT2D eigenvalue weighted by molar-refractivity contribution is 5.96. The molecule has 0 bridgehead atoms. The summed E-state index contributed by atoms with van der Waals surface area (Å²) in [5, 5.41) is 24.3. The van der Waals surface area contributed by atoms with Crippen molar-refractivity contribution in [3.8, 4) is 29.1 Å². The highest BCUT2D eigenvalue weighted by atomic mass is 16.5. The number of carbonyl (C=O) groups is 1. The Morgan fingerprint density at radius 2 is 1.62 bits per heavy atom. The molecule has 0 spiro atoms. The van der Waals surface area contributed by atoms with Gasteiger partial charge in [-0.3, -0.25) is 4.79 Å². The molecule has 9 nitrogen and oxygen atoms in total. The zero-order chi connectivity index (χ0) is 29.2. The predicted molar refractivity (Wildman–Crippen MR) is 151 cm³/mol. The van der Waals surface area contributed by atoms with Crippen molar-refractivity contribution in [3.63, 3.8) is 0 Å². The van der Waals surface area contributed by atoms with E-state index in [2.05, 4.69) is 11.4 Å². The van der Waals surface area contributed by atoms with Gasteiger partial charge in [-0.1, -0.05) is 19.9 Å². The van der Waals surface area contributed by atoms with E-state index in [9.17, 15) is 15.2 Å². The number of benzene rings is 2. The van der Waals surface area contributed by atoms with E-state index in [0.717, 1.165) is 11.1 Å². The van der Waals surface area contributed by atoms with Crippen molar-refractivity contribution in [1.82, 2.24) is 10.2 Å². The zero-order valence-corrected chi connectivity index (χ0v) is 24.5. The first kappa shape index (κ1) is 31.7. The lowest BCUT2D eigenvalue weighted by atomic mass is 9.69. The second-order valence-corrected chi connectivity index (χ2v) is 9.90. The van der Waals surface area contributed by atoms with E-state index in [4.69, 9.17) is 18.9 Å². The number of nitrogens with one attached hydrogen (secondary N) is 1. The van der Waals surface area contributed by atoms with Crippen molar-refractivity contribution in [2.75, 3.05) is 55.1 Å². The number of ether oxygens (including phenoxy) is 4. The van der Waals surface area contributed by atoms with Gasteiger partial charge < -0.3 is 34.3 Å². The van der Waals surface area contributed by atoms with E-state index < -0.39 is 11.5 Å². The monoisotopic (exact) mass is 541 g/mol. The van der Waals surface area contributed by atoms with Gasteiger partial charge in [0.15, 0.2) is 23.0 Å². The zero-order valence-electron chi connectivity index (χ0n) is 24.5. The SMILES string of the molecule is CCNC(=O)c1cc(OC)c(OC)cc1CCN(C)CC(O)CC(C#N)(c1ccc(OC)c(OC)c1)C(C)C. The molecular formula is C30H43N3O6. The minimum atomic E-state index is -0.922. The number of aliphatic hydroxyl groups is 1. The third-order valence-corrected chi connectivity index (χ3v) is 7.12. The van der Waals surface area contributed by atoms with E-state index in [-0.39, 0.29) is 18.2 Å². The minimum Gasteiger partial charge on any atom is -0.493 e. The number of nitrogens with zero attached hydrogens (tertiary/aromatic N) is 2. The number of carbonyl (C=O) groups excluding carboxylic acids is 1. The van der Waals surface area contributed by atoms with Crippen LogP contribution in [0.25, 0.3) is 0 Å². The van der Waals surface area contributed by atoms with Gasteiger partial charge in [-0.05, 0) is 68.1 Å². The molecule has 0 saturated carbocycles. The molecule has 2 unspecified atom stereocenters. The van der Waals surface area contributed by atoms with Crippen molar-refractivity contribution in [2.24, 2.45) is 5.92 Å². The maximum absolute atomic E-state index is 12.7. The smallest absolute Gasteiger partial charge is 0.251 e. The Morgan fingerprint density at radius 3 is 2.15 bits per heavy atom. The topological polar surface area (TPSA) is 113 Å². The molecule has 0 aliphatic rings. The average molecular weight is 542 g/mol. The van der Waals surface area contributed by atoms with Crippen molar-refractivity contribution < 1.29 is 28.8 Å². The number of nitriles is 1. The molecule has 2 N–H and O–H groups in total. The largest absolute Gasteiger partial charge is 0.493 e. The van der Waals surface area contributed by atoms with E-state index in [1.807, 2.05) is 50.9 Å². The van der Waals surface area contributed by atoms with Gasteiger partial charge in [-0.15, -0.1) is 0 Å². The Hall–Kier alpha value is -3.48. The minimum absolute atomic E-state index is 0.0630. The fourth-order valence-electron chi connectivity index (χ4n) is 4.83. The third-order valence-electron chi connectivity index (χ3n) is 7.12. The standard InChI is InChI=1S/C30H43N3O6/c1-9-32-29(35)24-16-28(39-8)26(37-6)14-21(24)12-13-33(4)18-23(34)17-30(19-31,20(2)3)22-10-11-25(36-5)27(15-22)38-7/h10-11,14-16,20,23,34H,9,12-13,17-18H2,1-8H3,(H,32,35). The van der Waals surface area contributed by atoms with E-state index in [1.165, 1.54) is 7.11 Å². The summed E-state index contributed by atoms with van der Waals surface area (Å²) in [5.41, 5.74) is 1.20. The molecule has 1 amide bonds. The summed E-state index contributed by atoms with van der Waals surface area (Å²) < 4.78 is 21.7. The van der Waals surface area contributed by atoms with Crippen molar-refractivity contribution in [1.29, 1.82) is 5.26 Å². The molecule has 0 heterocycles. The molecule has 2 rings (SSSR count). The van der Waals surface area contributed by atoms with Crippen LogP contribution >= 0.6 is 0 Å². The first-order valence-electron chi connectivity index (χ1n) is 13.1. The molecule has 0 aliphatic carbocycles. The molecule has 0 radical (unpaired) electrons. The molecule has 0 aliphatic heterocycles. The summed E-state index contributed by atoms with van der Waals surface area (Å²) in [6, 6.07) is 11.5. The number of likely N-dealkylation sites (N-methyl/N-ethyl adjacent to an activating group) is 1. The van der Waals surface area contributed by atoms with Gasteiger partial charge in [0.25, 0.3) is 5.91 Å².